The van der Waals surface area contributed by atoms with Gasteiger partial charge in [0.15, 0.2) is 0 Å². The highest BCUT2D eigenvalue weighted by Gasteiger charge is 2.25. The van der Waals surface area contributed by atoms with Crippen molar-refractivity contribution in [3.8, 4) is 12.3 Å². The summed E-state index contributed by atoms with van der Waals surface area (Å²) < 4.78 is 0. The number of rotatable bonds is 4. The molecule has 0 aromatic carbocycles. The first-order chi connectivity index (χ1) is 6.24. The van der Waals surface area contributed by atoms with Crippen molar-refractivity contribution in [1.29, 1.82) is 0 Å². The van der Waals surface area contributed by atoms with Crippen LogP contribution in [0.4, 0.5) is 0 Å². The standard InChI is InChI=1S/C12H21N/c1-4-6-11-7-5-8-12(11)9-13-10(2)3/h1,10-13H,5-9H2,2-3H3. The number of terminal acetylenes is 1. The molecule has 1 aliphatic rings. The van der Waals surface area contributed by atoms with E-state index in [-0.39, 0.29) is 0 Å². The predicted molar refractivity (Wildman–Crippen MR) is 57.4 cm³/mol. The maximum atomic E-state index is 5.36. The van der Waals surface area contributed by atoms with Crippen molar-refractivity contribution in [2.24, 2.45) is 11.8 Å². The van der Waals surface area contributed by atoms with Gasteiger partial charge in [-0.1, -0.05) is 20.3 Å². The highest BCUT2D eigenvalue weighted by Crippen LogP contribution is 2.33. The van der Waals surface area contributed by atoms with Gasteiger partial charge in [0, 0.05) is 12.5 Å². The van der Waals surface area contributed by atoms with E-state index in [1.54, 1.807) is 0 Å². The van der Waals surface area contributed by atoms with Crippen LogP contribution in [0.5, 0.6) is 0 Å². The highest BCUT2D eigenvalue weighted by molar-refractivity contribution is 4.91. The van der Waals surface area contributed by atoms with Crippen LogP contribution in [0.1, 0.15) is 39.5 Å². The molecule has 0 spiro atoms. The molecule has 1 saturated carbocycles. The third-order valence-electron chi connectivity index (χ3n) is 2.98. The molecule has 74 valence electrons. The molecule has 2 unspecified atom stereocenters. The van der Waals surface area contributed by atoms with Gasteiger partial charge in [-0.15, -0.1) is 12.3 Å². The molecule has 1 rings (SSSR count). The van der Waals surface area contributed by atoms with E-state index >= 15 is 0 Å². The minimum Gasteiger partial charge on any atom is -0.314 e. The summed E-state index contributed by atoms with van der Waals surface area (Å²) in [6.45, 7) is 5.56. The van der Waals surface area contributed by atoms with E-state index in [4.69, 9.17) is 6.42 Å². The van der Waals surface area contributed by atoms with Gasteiger partial charge in [0.05, 0.1) is 0 Å². The van der Waals surface area contributed by atoms with Crippen LogP contribution in [-0.2, 0) is 0 Å². The fourth-order valence-corrected chi connectivity index (χ4v) is 2.19. The summed E-state index contributed by atoms with van der Waals surface area (Å²) in [4.78, 5) is 0. The third kappa shape index (κ3) is 3.40. The lowest BCUT2D eigenvalue weighted by molar-refractivity contribution is 0.361. The number of hydrogen-bond donors (Lipinski definition) is 1. The first kappa shape index (κ1) is 10.6. The Kier molecular flexibility index (Phi) is 4.32. The lowest BCUT2D eigenvalue weighted by Gasteiger charge is -2.19. The zero-order valence-corrected chi connectivity index (χ0v) is 8.84. The summed E-state index contributed by atoms with van der Waals surface area (Å²) in [7, 11) is 0. The molecule has 1 N–H and O–H groups in total. The van der Waals surface area contributed by atoms with E-state index in [2.05, 4.69) is 25.1 Å². The molecule has 13 heavy (non-hydrogen) atoms. The molecule has 1 fully saturated rings. The van der Waals surface area contributed by atoms with Gasteiger partial charge in [-0.3, -0.25) is 0 Å². The molecule has 0 radical (unpaired) electrons. The van der Waals surface area contributed by atoms with Crippen molar-refractivity contribution in [2.75, 3.05) is 6.54 Å². The van der Waals surface area contributed by atoms with Crippen molar-refractivity contribution in [2.45, 2.75) is 45.6 Å². The van der Waals surface area contributed by atoms with E-state index in [0.717, 1.165) is 24.8 Å². The monoisotopic (exact) mass is 179 g/mol. The fourth-order valence-electron chi connectivity index (χ4n) is 2.19. The van der Waals surface area contributed by atoms with Gasteiger partial charge in [-0.25, -0.2) is 0 Å². The van der Waals surface area contributed by atoms with E-state index < -0.39 is 0 Å². The van der Waals surface area contributed by atoms with Crippen LogP contribution in [0.15, 0.2) is 0 Å². The summed E-state index contributed by atoms with van der Waals surface area (Å²) in [5.74, 6) is 4.42. The Morgan fingerprint density at radius 3 is 2.69 bits per heavy atom. The molecular weight excluding hydrogens is 158 g/mol. The predicted octanol–water partition coefficient (Wildman–Crippen LogP) is 2.42. The average Bonchev–Trinajstić information content (AvgIpc) is 2.49. The molecule has 0 amide bonds. The molecule has 1 aliphatic carbocycles. The second-order valence-electron chi connectivity index (χ2n) is 4.42. The second-order valence-corrected chi connectivity index (χ2v) is 4.42. The maximum Gasteiger partial charge on any atom is 0.0117 e. The smallest absolute Gasteiger partial charge is 0.0117 e. The third-order valence-corrected chi connectivity index (χ3v) is 2.98. The molecule has 0 heterocycles. The molecule has 0 aromatic heterocycles. The van der Waals surface area contributed by atoms with E-state index in [0.29, 0.717) is 6.04 Å². The Morgan fingerprint density at radius 2 is 2.08 bits per heavy atom. The van der Waals surface area contributed by atoms with Crippen molar-refractivity contribution in [3.63, 3.8) is 0 Å². The lowest BCUT2D eigenvalue weighted by atomic mass is 9.93. The van der Waals surface area contributed by atoms with Gasteiger partial charge in [0.25, 0.3) is 0 Å². The van der Waals surface area contributed by atoms with Crippen LogP contribution in [0.3, 0.4) is 0 Å². The van der Waals surface area contributed by atoms with Gasteiger partial charge in [0.2, 0.25) is 0 Å². The molecule has 2 atom stereocenters. The molecule has 0 bridgehead atoms. The molecule has 0 saturated heterocycles. The van der Waals surface area contributed by atoms with Crippen LogP contribution < -0.4 is 5.32 Å². The quantitative estimate of drug-likeness (QED) is 0.654. The lowest BCUT2D eigenvalue weighted by Crippen LogP contribution is -2.30. The van der Waals surface area contributed by atoms with Crippen LogP contribution in [0, 0.1) is 24.2 Å². The Balaban J connectivity index is 2.27. The summed E-state index contributed by atoms with van der Waals surface area (Å²) in [5, 5.41) is 3.51. The first-order valence-electron chi connectivity index (χ1n) is 5.41. The van der Waals surface area contributed by atoms with Gasteiger partial charge >= 0.3 is 0 Å². The second kappa shape index (κ2) is 5.29. The first-order valence-corrected chi connectivity index (χ1v) is 5.41. The SMILES string of the molecule is C#CCC1CCCC1CNC(C)C. The highest BCUT2D eigenvalue weighted by atomic mass is 14.9. The Hall–Kier alpha value is -0.480. The van der Waals surface area contributed by atoms with E-state index in [1.165, 1.54) is 19.3 Å². The van der Waals surface area contributed by atoms with Crippen molar-refractivity contribution >= 4 is 0 Å². The van der Waals surface area contributed by atoms with Gasteiger partial charge in [-0.2, -0.15) is 0 Å². The van der Waals surface area contributed by atoms with Crippen molar-refractivity contribution < 1.29 is 0 Å². The van der Waals surface area contributed by atoms with Crippen LogP contribution in [0.25, 0.3) is 0 Å². The zero-order chi connectivity index (χ0) is 9.68. The zero-order valence-electron chi connectivity index (χ0n) is 8.84. The Labute approximate surface area is 82.3 Å². The fraction of sp³-hybridized carbons (Fsp3) is 0.833. The summed E-state index contributed by atoms with van der Waals surface area (Å²) in [6.07, 6.45) is 10.4. The van der Waals surface area contributed by atoms with Crippen LogP contribution in [-0.4, -0.2) is 12.6 Å². The maximum absolute atomic E-state index is 5.36. The van der Waals surface area contributed by atoms with E-state index in [9.17, 15) is 0 Å². The molecule has 1 heteroatoms. The van der Waals surface area contributed by atoms with Gasteiger partial charge in [0.1, 0.15) is 0 Å². The summed E-state index contributed by atoms with van der Waals surface area (Å²) >= 11 is 0. The summed E-state index contributed by atoms with van der Waals surface area (Å²) in [6, 6.07) is 0.604. The van der Waals surface area contributed by atoms with Crippen LogP contribution >= 0.6 is 0 Å². The van der Waals surface area contributed by atoms with Gasteiger partial charge < -0.3 is 5.32 Å². The van der Waals surface area contributed by atoms with Crippen molar-refractivity contribution in [3.05, 3.63) is 0 Å². The number of nitrogens with one attached hydrogen (secondary N) is 1. The molecule has 0 aromatic rings. The minimum atomic E-state index is 0.604. The average molecular weight is 179 g/mol. The van der Waals surface area contributed by atoms with Crippen LogP contribution in [0.2, 0.25) is 0 Å². The largest absolute Gasteiger partial charge is 0.314 e. The molecular formula is C12H21N. The Bertz CT molecular complexity index is 178. The Morgan fingerprint density at radius 1 is 1.38 bits per heavy atom. The summed E-state index contributed by atoms with van der Waals surface area (Å²) in [5.41, 5.74) is 0. The molecule has 0 aliphatic heterocycles. The normalized spacial score (nSPS) is 27.8. The minimum absolute atomic E-state index is 0.604. The van der Waals surface area contributed by atoms with Crippen molar-refractivity contribution in [1.82, 2.24) is 5.32 Å². The van der Waals surface area contributed by atoms with Gasteiger partial charge in [-0.05, 0) is 31.2 Å². The topological polar surface area (TPSA) is 12.0 Å². The van der Waals surface area contributed by atoms with E-state index in [1.807, 2.05) is 0 Å². The number of hydrogen-bond acceptors (Lipinski definition) is 1. The molecule has 1 nitrogen and oxygen atoms in total.